The van der Waals surface area contributed by atoms with Crippen molar-refractivity contribution in [3.8, 4) is 10.4 Å². The third-order valence-electron chi connectivity index (χ3n) is 7.15. The second kappa shape index (κ2) is 9.36. The molecule has 192 valence electrons. The van der Waals surface area contributed by atoms with Crippen molar-refractivity contribution in [2.75, 3.05) is 36.9 Å². The van der Waals surface area contributed by atoms with Gasteiger partial charge in [0.25, 0.3) is 5.91 Å². The molecular weight excluding hydrogens is 492 g/mol. The standard InChI is InChI=1S/C25H28N8O3S/c1-16-20(8-18(10-26-16)29-22(35)14-31-5-4-25(15-31)2-3-25)30-23(36)19-11-28-33-13-21(37-24(19)33)17-9-27-32(12-17)6-7-34/h8-13,34H,2-7,14-15H2,1H3,(H,29,35)(H,30,36). The molecule has 6 rings (SSSR count). The molecule has 11 nitrogen and oxygen atoms in total. The summed E-state index contributed by atoms with van der Waals surface area (Å²) >= 11 is 1.44. The van der Waals surface area contributed by atoms with Crippen LogP contribution in [0.1, 0.15) is 35.3 Å². The van der Waals surface area contributed by atoms with Crippen LogP contribution < -0.4 is 10.6 Å². The number of thiazole rings is 1. The fraction of sp³-hybridized carbons (Fsp3) is 0.400. The number of aromatic nitrogens is 5. The fourth-order valence-electron chi connectivity index (χ4n) is 4.86. The van der Waals surface area contributed by atoms with Crippen LogP contribution >= 0.6 is 11.3 Å². The zero-order valence-electron chi connectivity index (χ0n) is 20.5. The molecule has 1 spiro atoms. The Labute approximate surface area is 217 Å². The van der Waals surface area contributed by atoms with Gasteiger partial charge in [0.2, 0.25) is 5.91 Å². The van der Waals surface area contributed by atoms with Gasteiger partial charge in [-0.15, -0.1) is 11.3 Å². The molecule has 5 heterocycles. The van der Waals surface area contributed by atoms with Crippen LogP contribution in [0.2, 0.25) is 0 Å². The number of nitrogens with one attached hydrogen (secondary N) is 2. The third-order valence-corrected chi connectivity index (χ3v) is 8.31. The molecule has 0 aromatic carbocycles. The van der Waals surface area contributed by atoms with E-state index in [1.54, 1.807) is 34.6 Å². The largest absolute Gasteiger partial charge is 0.394 e. The van der Waals surface area contributed by atoms with E-state index in [2.05, 4.69) is 30.7 Å². The first kappa shape index (κ1) is 23.8. The predicted molar refractivity (Wildman–Crippen MR) is 140 cm³/mol. The summed E-state index contributed by atoms with van der Waals surface area (Å²) in [5.74, 6) is -0.382. The molecule has 2 fully saturated rings. The number of fused-ring (bicyclic) bond motifs is 1. The summed E-state index contributed by atoms with van der Waals surface area (Å²) in [4.78, 5) is 34.0. The van der Waals surface area contributed by atoms with Crippen molar-refractivity contribution in [1.82, 2.24) is 29.3 Å². The molecule has 0 bridgehead atoms. The third kappa shape index (κ3) is 4.87. The Balaban J connectivity index is 1.14. The van der Waals surface area contributed by atoms with Crippen molar-refractivity contribution < 1.29 is 14.7 Å². The molecule has 37 heavy (non-hydrogen) atoms. The zero-order valence-corrected chi connectivity index (χ0v) is 21.3. The zero-order chi connectivity index (χ0) is 25.6. The van der Waals surface area contributed by atoms with E-state index in [4.69, 9.17) is 5.11 Å². The van der Waals surface area contributed by atoms with Gasteiger partial charge in [-0.05, 0) is 44.2 Å². The minimum atomic E-state index is -0.306. The van der Waals surface area contributed by atoms with Crippen LogP contribution in [-0.4, -0.2) is 72.4 Å². The molecule has 2 aliphatic rings. The minimum absolute atomic E-state index is 0.0113. The van der Waals surface area contributed by atoms with Gasteiger partial charge in [-0.1, -0.05) is 0 Å². The Hall–Kier alpha value is -3.61. The number of carbonyl (C=O) groups is 2. The lowest BCUT2D eigenvalue weighted by atomic mass is 10.1. The van der Waals surface area contributed by atoms with E-state index in [1.807, 2.05) is 12.4 Å². The summed E-state index contributed by atoms with van der Waals surface area (Å²) in [6, 6.07) is 1.74. The van der Waals surface area contributed by atoms with Crippen molar-refractivity contribution in [2.45, 2.75) is 32.7 Å². The molecule has 1 saturated heterocycles. The number of carbonyl (C=O) groups excluding carboxylic acids is 2. The lowest BCUT2D eigenvalue weighted by Gasteiger charge is -2.16. The van der Waals surface area contributed by atoms with Crippen molar-refractivity contribution in [3.05, 3.63) is 48.3 Å². The Morgan fingerprint density at radius 2 is 2.00 bits per heavy atom. The molecule has 1 aliphatic carbocycles. The highest BCUT2D eigenvalue weighted by Crippen LogP contribution is 2.52. The van der Waals surface area contributed by atoms with Crippen molar-refractivity contribution >= 4 is 39.4 Å². The molecule has 1 saturated carbocycles. The molecule has 0 unspecified atom stereocenters. The SMILES string of the molecule is Cc1ncc(NC(=O)CN2CCC3(CC3)C2)cc1NC(=O)c1cnn2cc(-c3cnn(CCO)c3)sc12. The molecule has 0 radical (unpaired) electrons. The minimum Gasteiger partial charge on any atom is -0.394 e. The normalized spacial score (nSPS) is 16.5. The van der Waals surface area contributed by atoms with Crippen LogP contribution in [-0.2, 0) is 11.3 Å². The van der Waals surface area contributed by atoms with E-state index in [0.717, 1.165) is 23.5 Å². The average Bonchev–Trinajstić information content (AvgIpc) is 3.28. The van der Waals surface area contributed by atoms with E-state index < -0.39 is 0 Å². The summed E-state index contributed by atoms with van der Waals surface area (Å²) in [6.07, 6.45) is 12.3. The summed E-state index contributed by atoms with van der Waals surface area (Å²) < 4.78 is 3.34. The van der Waals surface area contributed by atoms with E-state index in [9.17, 15) is 9.59 Å². The first-order valence-electron chi connectivity index (χ1n) is 12.3. The van der Waals surface area contributed by atoms with Crippen LogP contribution in [0.4, 0.5) is 11.4 Å². The summed E-state index contributed by atoms with van der Waals surface area (Å²) in [5, 5.41) is 23.5. The maximum atomic E-state index is 13.2. The molecular formula is C25H28N8O3S. The molecule has 4 aromatic heterocycles. The number of rotatable bonds is 8. The van der Waals surface area contributed by atoms with Gasteiger partial charge >= 0.3 is 0 Å². The number of likely N-dealkylation sites (tertiary alicyclic amines) is 1. The van der Waals surface area contributed by atoms with Gasteiger partial charge in [-0.3, -0.25) is 24.2 Å². The molecule has 3 N–H and O–H groups in total. The number of aryl methyl sites for hydroxylation is 1. The van der Waals surface area contributed by atoms with Crippen LogP contribution in [0.3, 0.4) is 0 Å². The lowest BCUT2D eigenvalue weighted by molar-refractivity contribution is -0.117. The van der Waals surface area contributed by atoms with Crippen LogP contribution in [0.15, 0.2) is 37.1 Å². The summed E-state index contributed by atoms with van der Waals surface area (Å²) in [6.45, 7) is 4.58. The number of hydrogen-bond donors (Lipinski definition) is 3. The van der Waals surface area contributed by atoms with Crippen molar-refractivity contribution in [2.24, 2.45) is 5.41 Å². The summed E-state index contributed by atoms with van der Waals surface area (Å²) in [5.41, 5.74) is 3.53. The first-order chi connectivity index (χ1) is 17.9. The molecule has 4 aromatic rings. The van der Waals surface area contributed by atoms with Gasteiger partial charge in [0.15, 0.2) is 0 Å². The fourth-order valence-corrected chi connectivity index (χ4v) is 5.89. The summed E-state index contributed by atoms with van der Waals surface area (Å²) in [7, 11) is 0. The maximum Gasteiger partial charge on any atom is 0.260 e. The van der Waals surface area contributed by atoms with E-state index in [0.29, 0.717) is 46.0 Å². The van der Waals surface area contributed by atoms with Gasteiger partial charge in [-0.25, -0.2) is 4.52 Å². The lowest BCUT2D eigenvalue weighted by Crippen LogP contribution is -2.31. The Bertz CT molecular complexity index is 1480. The Kier molecular flexibility index (Phi) is 6.01. The number of nitrogens with zero attached hydrogens (tertiary/aromatic N) is 6. The highest BCUT2D eigenvalue weighted by atomic mass is 32.1. The molecule has 0 atom stereocenters. The number of amides is 2. The van der Waals surface area contributed by atoms with E-state index in [-0.39, 0.29) is 18.4 Å². The van der Waals surface area contributed by atoms with E-state index in [1.165, 1.54) is 36.8 Å². The predicted octanol–water partition coefficient (Wildman–Crippen LogP) is 2.63. The average molecular weight is 521 g/mol. The second-order valence-electron chi connectivity index (χ2n) is 9.94. The smallest absolute Gasteiger partial charge is 0.260 e. The Morgan fingerprint density at radius 3 is 2.78 bits per heavy atom. The van der Waals surface area contributed by atoms with Gasteiger partial charge in [-0.2, -0.15) is 10.2 Å². The van der Waals surface area contributed by atoms with Crippen LogP contribution in [0, 0.1) is 12.3 Å². The van der Waals surface area contributed by atoms with Crippen LogP contribution in [0.5, 0.6) is 0 Å². The van der Waals surface area contributed by atoms with Crippen molar-refractivity contribution in [1.29, 1.82) is 0 Å². The number of hydrogen-bond acceptors (Lipinski definition) is 8. The van der Waals surface area contributed by atoms with E-state index >= 15 is 0 Å². The number of anilines is 2. The number of aliphatic hydroxyl groups is 1. The quantitative estimate of drug-likeness (QED) is 0.326. The van der Waals surface area contributed by atoms with Gasteiger partial charge in [0, 0.05) is 24.5 Å². The Morgan fingerprint density at radius 1 is 1.14 bits per heavy atom. The number of aliphatic hydroxyl groups excluding tert-OH is 1. The molecule has 12 heteroatoms. The van der Waals surface area contributed by atoms with Gasteiger partial charge in [0.1, 0.15) is 4.83 Å². The topological polar surface area (TPSA) is 130 Å². The second-order valence-corrected chi connectivity index (χ2v) is 11.0. The highest BCUT2D eigenvalue weighted by molar-refractivity contribution is 7.21. The van der Waals surface area contributed by atoms with Gasteiger partial charge in [0.05, 0.1) is 65.8 Å². The highest BCUT2D eigenvalue weighted by Gasteiger charge is 2.47. The number of pyridine rings is 1. The van der Waals surface area contributed by atoms with Crippen LogP contribution in [0.25, 0.3) is 15.3 Å². The first-order valence-corrected chi connectivity index (χ1v) is 13.1. The molecule has 2 amide bonds. The maximum absolute atomic E-state index is 13.2. The molecule has 1 aliphatic heterocycles. The monoisotopic (exact) mass is 520 g/mol. The van der Waals surface area contributed by atoms with Crippen molar-refractivity contribution in [3.63, 3.8) is 0 Å². The van der Waals surface area contributed by atoms with Gasteiger partial charge < -0.3 is 15.7 Å².